The standard InChI is InChI=1S/C23H22F4N4O3/c1-12(28-18-4-3-13(24)9-16(18)21(33)34)15-10-14(25)11-17-19(15)29-22(30(2)20(17)32)31-7-5-23(26,27)6-8-31/h3-4,9-12,28H,5-8H2,1-2H3,(H,33,34)/t12-/m1/s1. The summed E-state index contributed by atoms with van der Waals surface area (Å²) in [6.07, 6.45) is -0.755. The van der Waals surface area contributed by atoms with Crippen LogP contribution in [0.25, 0.3) is 10.9 Å². The van der Waals surface area contributed by atoms with E-state index in [0.717, 1.165) is 18.2 Å². The average Bonchev–Trinajstić information content (AvgIpc) is 2.77. The number of aromatic nitrogens is 2. The number of piperidine rings is 1. The number of nitrogens with zero attached hydrogens (tertiary/aromatic N) is 3. The van der Waals surface area contributed by atoms with Crippen molar-refractivity contribution in [2.45, 2.75) is 31.7 Å². The van der Waals surface area contributed by atoms with Crippen LogP contribution >= 0.6 is 0 Å². The minimum absolute atomic E-state index is 0.000664. The van der Waals surface area contributed by atoms with E-state index in [-0.39, 0.29) is 59.6 Å². The fraction of sp³-hybridized carbons (Fsp3) is 0.348. The van der Waals surface area contributed by atoms with Gasteiger partial charge in [-0.05, 0) is 37.3 Å². The van der Waals surface area contributed by atoms with Gasteiger partial charge in [0.1, 0.15) is 11.6 Å². The molecule has 0 aliphatic carbocycles. The fourth-order valence-electron chi connectivity index (χ4n) is 4.13. The summed E-state index contributed by atoms with van der Waals surface area (Å²) in [4.78, 5) is 30.7. The van der Waals surface area contributed by atoms with E-state index >= 15 is 0 Å². The normalized spacial score (nSPS) is 16.5. The van der Waals surface area contributed by atoms with Crippen molar-refractivity contribution in [1.82, 2.24) is 9.55 Å². The summed E-state index contributed by atoms with van der Waals surface area (Å²) in [5, 5.41) is 12.3. The molecule has 1 atom stereocenters. The lowest BCUT2D eigenvalue weighted by Gasteiger charge is -2.33. The van der Waals surface area contributed by atoms with E-state index in [0.29, 0.717) is 0 Å². The molecule has 4 rings (SSSR count). The van der Waals surface area contributed by atoms with Crippen LogP contribution in [0.1, 0.15) is 41.7 Å². The lowest BCUT2D eigenvalue weighted by molar-refractivity contribution is -0.0223. The van der Waals surface area contributed by atoms with Crippen LogP contribution in [0, 0.1) is 11.6 Å². The average molecular weight is 478 g/mol. The van der Waals surface area contributed by atoms with Crippen LogP contribution in [0.4, 0.5) is 29.2 Å². The van der Waals surface area contributed by atoms with Crippen LogP contribution in [0.3, 0.4) is 0 Å². The molecule has 1 aliphatic rings. The Hall–Kier alpha value is -3.63. The predicted molar refractivity (Wildman–Crippen MR) is 119 cm³/mol. The Bertz CT molecular complexity index is 1330. The first-order chi connectivity index (χ1) is 16.0. The van der Waals surface area contributed by atoms with Gasteiger partial charge in [-0.2, -0.15) is 0 Å². The highest BCUT2D eigenvalue weighted by atomic mass is 19.3. The molecule has 0 unspecified atom stereocenters. The number of nitrogens with one attached hydrogen (secondary N) is 1. The number of carbonyl (C=O) groups is 1. The van der Waals surface area contributed by atoms with Crippen LogP contribution in [-0.2, 0) is 7.05 Å². The Morgan fingerprint density at radius 3 is 2.47 bits per heavy atom. The maximum Gasteiger partial charge on any atom is 0.337 e. The van der Waals surface area contributed by atoms with Gasteiger partial charge >= 0.3 is 5.97 Å². The van der Waals surface area contributed by atoms with E-state index in [1.54, 1.807) is 11.8 Å². The van der Waals surface area contributed by atoms with Crippen LogP contribution in [0.2, 0.25) is 0 Å². The van der Waals surface area contributed by atoms with Gasteiger partial charge < -0.3 is 15.3 Å². The highest BCUT2D eigenvalue weighted by Crippen LogP contribution is 2.32. The zero-order chi connectivity index (χ0) is 24.8. The van der Waals surface area contributed by atoms with Gasteiger partial charge in [0.25, 0.3) is 11.5 Å². The SMILES string of the molecule is C[C@@H](Nc1ccc(F)cc1C(=O)O)c1cc(F)cc2c(=O)n(C)c(N3CCC(F)(F)CC3)nc12. The summed E-state index contributed by atoms with van der Waals surface area (Å²) in [6, 6.07) is 4.69. The number of benzene rings is 2. The number of anilines is 2. The number of hydrogen-bond acceptors (Lipinski definition) is 5. The highest BCUT2D eigenvalue weighted by molar-refractivity contribution is 5.94. The number of rotatable bonds is 5. The van der Waals surface area contributed by atoms with Crippen LogP contribution in [0.5, 0.6) is 0 Å². The van der Waals surface area contributed by atoms with E-state index in [1.807, 2.05) is 0 Å². The van der Waals surface area contributed by atoms with Crippen LogP contribution in [0.15, 0.2) is 35.1 Å². The van der Waals surface area contributed by atoms with Crippen LogP contribution in [-0.4, -0.2) is 39.6 Å². The van der Waals surface area contributed by atoms with Crippen molar-refractivity contribution in [3.8, 4) is 0 Å². The molecule has 0 spiro atoms. The summed E-state index contributed by atoms with van der Waals surface area (Å²) >= 11 is 0. The number of aromatic carboxylic acids is 1. The van der Waals surface area contributed by atoms with Crippen molar-refractivity contribution >= 4 is 28.5 Å². The van der Waals surface area contributed by atoms with Crippen molar-refractivity contribution in [2.75, 3.05) is 23.3 Å². The zero-order valence-electron chi connectivity index (χ0n) is 18.4. The van der Waals surface area contributed by atoms with E-state index in [4.69, 9.17) is 0 Å². The quantitative estimate of drug-likeness (QED) is 0.532. The second kappa shape index (κ2) is 8.62. The highest BCUT2D eigenvalue weighted by Gasteiger charge is 2.35. The first-order valence-corrected chi connectivity index (χ1v) is 10.6. The molecule has 0 radical (unpaired) electrons. The van der Waals surface area contributed by atoms with Gasteiger partial charge in [-0.15, -0.1) is 0 Å². The van der Waals surface area contributed by atoms with Gasteiger partial charge in [-0.3, -0.25) is 9.36 Å². The van der Waals surface area contributed by atoms with Gasteiger partial charge in [0, 0.05) is 44.2 Å². The number of fused-ring (bicyclic) bond motifs is 1. The second-order valence-electron chi connectivity index (χ2n) is 8.37. The first-order valence-electron chi connectivity index (χ1n) is 10.6. The summed E-state index contributed by atoms with van der Waals surface area (Å²) in [6.45, 7) is 1.62. The molecule has 0 saturated carbocycles. The number of hydrogen-bond donors (Lipinski definition) is 2. The van der Waals surface area contributed by atoms with E-state index in [2.05, 4.69) is 10.3 Å². The Balaban J connectivity index is 1.79. The zero-order valence-corrected chi connectivity index (χ0v) is 18.4. The molecule has 2 N–H and O–H groups in total. The molecule has 0 bridgehead atoms. The number of halogens is 4. The molecule has 2 aromatic carbocycles. The monoisotopic (exact) mass is 478 g/mol. The predicted octanol–water partition coefficient (Wildman–Crippen LogP) is 4.32. The van der Waals surface area contributed by atoms with E-state index in [1.165, 1.54) is 23.7 Å². The molecule has 3 aromatic rings. The van der Waals surface area contributed by atoms with Gasteiger partial charge in [0.15, 0.2) is 0 Å². The molecule has 34 heavy (non-hydrogen) atoms. The molecule has 1 aromatic heterocycles. The molecule has 1 fully saturated rings. The van der Waals surface area contributed by atoms with Gasteiger partial charge in [0.05, 0.1) is 22.5 Å². The largest absolute Gasteiger partial charge is 0.478 e. The summed E-state index contributed by atoms with van der Waals surface area (Å²) in [5.74, 6) is -5.38. The number of carboxylic acid groups (broad SMARTS) is 1. The molecule has 7 nitrogen and oxygen atoms in total. The molecular formula is C23H22F4N4O3. The van der Waals surface area contributed by atoms with Gasteiger partial charge in [-0.1, -0.05) is 0 Å². The van der Waals surface area contributed by atoms with Crippen molar-refractivity contribution in [1.29, 1.82) is 0 Å². The van der Waals surface area contributed by atoms with E-state index in [9.17, 15) is 32.3 Å². The molecule has 1 saturated heterocycles. The van der Waals surface area contributed by atoms with Crippen molar-refractivity contribution in [3.05, 3.63) is 63.4 Å². The van der Waals surface area contributed by atoms with Crippen molar-refractivity contribution in [3.63, 3.8) is 0 Å². The van der Waals surface area contributed by atoms with Crippen molar-refractivity contribution < 1.29 is 27.5 Å². The Kier molecular flexibility index (Phi) is 5.96. The minimum atomic E-state index is -2.78. The molecule has 11 heteroatoms. The second-order valence-corrected chi connectivity index (χ2v) is 8.37. The molecule has 2 heterocycles. The third kappa shape index (κ3) is 4.42. The number of alkyl halides is 2. The van der Waals surface area contributed by atoms with E-state index < -0.39 is 35.1 Å². The lowest BCUT2D eigenvalue weighted by Crippen LogP contribution is -2.42. The summed E-state index contributed by atoms with van der Waals surface area (Å²) < 4.78 is 56.5. The lowest BCUT2D eigenvalue weighted by atomic mass is 10.0. The summed E-state index contributed by atoms with van der Waals surface area (Å²) in [5.41, 5.74) is -0.335. The molecule has 0 amide bonds. The Morgan fingerprint density at radius 1 is 1.15 bits per heavy atom. The molecule has 180 valence electrons. The Morgan fingerprint density at radius 2 is 1.82 bits per heavy atom. The minimum Gasteiger partial charge on any atom is -0.478 e. The maximum atomic E-state index is 14.5. The Labute approximate surface area is 191 Å². The molecular weight excluding hydrogens is 456 g/mol. The fourth-order valence-corrected chi connectivity index (χ4v) is 4.13. The first kappa shape index (κ1) is 23.5. The molecule has 1 aliphatic heterocycles. The van der Waals surface area contributed by atoms with Gasteiger partial charge in [0.2, 0.25) is 5.95 Å². The maximum absolute atomic E-state index is 14.5. The third-order valence-corrected chi connectivity index (χ3v) is 5.98. The topological polar surface area (TPSA) is 87.5 Å². The summed E-state index contributed by atoms with van der Waals surface area (Å²) in [7, 11) is 1.45. The number of carboxylic acids is 1. The van der Waals surface area contributed by atoms with Crippen LogP contribution < -0.4 is 15.8 Å². The van der Waals surface area contributed by atoms with Gasteiger partial charge in [-0.25, -0.2) is 27.3 Å². The van der Waals surface area contributed by atoms with Crippen molar-refractivity contribution in [2.24, 2.45) is 7.05 Å². The smallest absolute Gasteiger partial charge is 0.337 e. The third-order valence-electron chi connectivity index (χ3n) is 5.98.